The van der Waals surface area contributed by atoms with Crippen molar-refractivity contribution < 1.29 is 17.9 Å². The van der Waals surface area contributed by atoms with E-state index in [1.54, 1.807) is 0 Å². The van der Waals surface area contributed by atoms with Crippen molar-refractivity contribution >= 4 is 5.96 Å². The minimum absolute atomic E-state index is 0.370. The molecular formula is C12H14F3N3O. The van der Waals surface area contributed by atoms with E-state index in [-0.39, 0.29) is 0 Å². The van der Waals surface area contributed by atoms with Gasteiger partial charge in [0, 0.05) is 20.1 Å². The van der Waals surface area contributed by atoms with Gasteiger partial charge in [-0.3, -0.25) is 4.99 Å². The van der Waals surface area contributed by atoms with E-state index in [2.05, 4.69) is 15.0 Å². The summed E-state index contributed by atoms with van der Waals surface area (Å²) in [6, 6.07) is 3.89. The van der Waals surface area contributed by atoms with Gasteiger partial charge >= 0.3 is 6.61 Å². The third-order valence-corrected chi connectivity index (χ3v) is 2.72. The van der Waals surface area contributed by atoms with Crippen LogP contribution >= 0.6 is 0 Å². The SMILES string of the molecule is CN1CCN=C1NCc1ccc(OC(F)F)c(F)c1. The van der Waals surface area contributed by atoms with E-state index in [0.717, 1.165) is 19.0 Å². The van der Waals surface area contributed by atoms with Gasteiger partial charge in [-0.15, -0.1) is 0 Å². The highest BCUT2D eigenvalue weighted by Crippen LogP contribution is 2.20. The number of ether oxygens (including phenoxy) is 1. The summed E-state index contributed by atoms with van der Waals surface area (Å²) in [6.45, 7) is -1.08. The van der Waals surface area contributed by atoms with Crippen LogP contribution in [0.2, 0.25) is 0 Å². The largest absolute Gasteiger partial charge is 0.432 e. The first-order chi connectivity index (χ1) is 9.06. The molecule has 1 heterocycles. The normalized spacial score (nSPS) is 14.8. The molecule has 7 heteroatoms. The molecule has 0 fully saturated rings. The number of likely N-dealkylation sites (N-methyl/N-ethyl adjacent to an activating group) is 1. The zero-order chi connectivity index (χ0) is 13.8. The van der Waals surface area contributed by atoms with Crippen LogP contribution < -0.4 is 10.1 Å². The van der Waals surface area contributed by atoms with Crippen LogP contribution in [0, 0.1) is 5.82 Å². The molecule has 1 aliphatic rings. The number of nitrogens with one attached hydrogen (secondary N) is 1. The van der Waals surface area contributed by atoms with E-state index >= 15 is 0 Å². The first-order valence-corrected chi connectivity index (χ1v) is 5.79. The second-order valence-corrected chi connectivity index (χ2v) is 4.12. The van der Waals surface area contributed by atoms with Gasteiger partial charge in [-0.1, -0.05) is 6.07 Å². The lowest BCUT2D eigenvalue weighted by molar-refractivity contribution is -0.0522. The molecule has 2 rings (SSSR count). The van der Waals surface area contributed by atoms with Gasteiger partial charge in [-0.25, -0.2) is 4.39 Å². The number of nitrogens with zero attached hydrogens (tertiary/aromatic N) is 2. The van der Waals surface area contributed by atoms with Crippen molar-refractivity contribution in [3.8, 4) is 5.75 Å². The smallest absolute Gasteiger partial charge is 0.387 e. The van der Waals surface area contributed by atoms with Gasteiger partial charge in [0.1, 0.15) is 0 Å². The lowest BCUT2D eigenvalue weighted by atomic mass is 10.2. The Morgan fingerprint density at radius 1 is 1.47 bits per heavy atom. The number of halogens is 3. The van der Waals surface area contributed by atoms with Crippen molar-refractivity contribution in [2.45, 2.75) is 13.2 Å². The van der Waals surface area contributed by atoms with Gasteiger partial charge in [0.05, 0.1) is 6.54 Å². The number of rotatable bonds is 4. The van der Waals surface area contributed by atoms with Crippen LogP contribution in [0.25, 0.3) is 0 Å². The van der Waals surface area contributed by atoms with Gasteiger partial charge in [0.25, 0.3) is 0 Å². The number of benzene rings is 1. The Hall–Kier alpha value is -1.92. The minimum Gasteiger partial charge on any atom is -0.432 e. The molecule has 1 aliphatic heterocycles. The predicted octanol–water partition coefficient (Wildman–Crippen LogP) is 1.82. The summed E-state index contributed by atoms with van der Waals surface area (Å²) < 4.78 is 41.4. The van der Waals surface area contributed by atoms with Crippen molar-refractivity contribution in [2.24, 2.45) is 4.99 Å². The summed E-state index contributed by atoms with van der Waals surface area (Å²) in [6.07, 6.45) is 0. The number of guanidine groups is 1. The highest BCUT2D eigenvalue weighted by molar-refractivity contribution is 5.81. The predicted molar refractivity (Wildman–Crippen MR) is 64.8 cm³/mol. The number of hydrogen-bond acceptors (Lipinski definition) is 4. The third-order valence-electron chi connectivity index (χ3n) is 2.72. The van der Waals surface area contributed by atoms with Crippen molar-refractivity contribution in [3.63, 3.8) is 0 Å². The monoisotopic (exact) mass is 273 g/mol. The third kappa shape index (κ3) is 3.52. The average molecular weight is 273 g/mol. The molecule has 0 aromatic heterocycles. The summed E-state index contributed by atoms with van der Waals surface area (Å²) in [4.78, 5) is 6.17. The topological polar surface area (TPSA) is 36.9 Å². The molecule has 1 N–H and O–H groups in total. The number of hydrogen-bond donors (Lipinski definition) is 1. The Bertz CT molecular complexity index is 479. The summed E-state index contributed by atoms with van der Waals surface area (Å²) in [5.74, 6) is -0.510. The molecule has 0 saturated carbocycles. The summed E-state index contributed by atoms with van der Waals surface area (Å²) >= 11 is 0. The fourth-order valence-electron chi connectivity index (χ4n) is 1.75. The first kappa shape index (κ1) is 13.5. The fourth-order valence-corrected chi connectivity index (χ4v) is 1.75. The van der Waals surface area contributed by atoms with Crippen LogP contribution in [-0.4, -0.2) is 37.6 Å². The fraction of sp³-hybridized carbons (Fsp3) is 0.417. The molecule has 104 valence electrons. The highest BCUT2D eigenvalue weighted by Gasteiger charge is 2.13. The standard InChI is InChI=1S/C12H14F3N3O/c1-18-5-4-16-12(18)17-7-8-2-3-10(9(13)6-8)19-11(14)15/h2-3,6,11H,4-5,7H2,1H3,(H,16,17). The van der Waals surface area contributed by atoms with E-state index in [4.69, 9.17) is 0 Å². The molecule has 0 amide bonds. The molecule has 1 aromatic carbocycles. The van der Waals surface area contributed by atoms with Crippen molar-refractivity contribution in [2.75, 3.05) is 20.1 Å². The highest BCUT2D eigenvalue weighted by atomic mass is 19.3. The van der Waals surface area contributed by atoms with Gasteiger partial charge in [0.15, 0.2) is 17.5 Å². The Morgan fingerprint density at radius 2 is 2.26 bits per heavy atom. The maximum atomic E-state index is 13.5. The molecule has 0 aliphatic carbocycles. The Kier molecular flexibility index (Phi) is 4.13. The van der Waals surface area contributed by atoms with Gasteiger partial charge in [-0.05, 0) is 17.7 Å². The van der Waals surface area contributed by atoms with Crippen LogP contribution in [-0.2, 0) is 6.54 Å². The molecular weight excluding hydrogens is 259 g/mol. The quantitative estimate of drug-likeness (QED) is 0.909. The Morgan fingerprint density at radius 3 is 2.84 bits per heavy atom. The van der Waals surface area contributed by atoms with E-state index in [1.807, 2.05) is 11.9 Å². The van der Waals surface area contributed by atoms with E-state index in [0.29, 0.717) is 12.1 Å². The van der Waals surface area contributed by atoms with Gasteiger partial charge in [0.2, 0.25) is 0 Å². The second kappa shape index (κ2) is 5.81. The summed E-state index contributed by atoms with van der Waals surface area (Å²) in [5.41, 5.74) is 0.627. The Labute approximate surface area is 108 Å². The maximum absolute atomic E-state index is 13.5. The lowest BCUT2D eigenvalue weighted by Crippen LogP contribution is -2.35. The van der Waals surface area contributed by atoms with E-state index in [1.165, 1.54) is 18.2 Å². The van der Waals surface area contributed by atoms with Crippen molar-refractivity contribution in [3.05, 3.63) is 29.6 Å². The summed E-state index contributed by atoms with van der Waals surface area (Å²) in [5, 5.41) is 3.06. The lowest BCUT2D eigenvalue weighted by Gasteiger charge is -2.15. The molecule has 1 aromatic rings. The molecule has 4 nitrogen and oxygen atoms in total. The van der Waals surface area contributed by atoms with Crippen LogP contribution in [0.4, 0.5) is 13.2 Å². The molecule has 19 heavy (non-hydrogen) atoms. The molecule has 0 unspecified atom stereocenters. The molecule has 0 spiro atoms. The van der Waals surface area contributed by atoms with E-state index in [9.17, 15) is 13.2 Å². The van der Waals surface area contributed by atoms with Gasteiger partial charge < -0.3 is 15.0 Å². The van der Waals surface area contributed by atoms with Crippen molar-refractivity contribution in [1.82, 2.24) is 10.2 Å². The second-order valence-electron chi connectivity index (χ2n) is 4.12. The van der Waals surface area contributed by atoms with E-state index < -0.39 is 18.2 Å². The molecule has 0 bridgehead atoms. The van der Waals surface area contributed by atoms with Crippen LogP contribution in [0.5, 0.6) is 5.75 Å². The van der Waals surface area contributed by atoms with Crippen LogP contribution in [0.15, 0.2) is 23.2 Å². The number of aliphatic imine (C=N–C) groups is 1. The zero-order valence-corrected chi connectivity index (χ0v) is 10.4. The Balaban J connectivity index is 1.96. The first-order valence-electron chi connectivity index (χ1n) is 5.79. The van der Waals surface area contributed by atoms with Crippen molar-refractivity contribution in [1.29, 1.82) is 0 Å². The minimum atomic E-state index is -3.03. The molecule has 0 radical (unpaired) electrons. The zero-order valence-electron chi connectivity index (χ0n) is 10.4. The maximum Gasteiger partial charge on any atom is 0.387 e. The molecule has 0 saturated heterocycles. The van der Waals surface area contributed by atoms with Gasteiger partial charge in [-0.2, -0.15) is 8.78 Å². The number of alkyl halides is 2. The van der Waals surface area contributed by atoms with Crippen LogP contribution in [0.1, 0.15) is 5.56 Å². The molecule has 0 atom stereocenters. The van der Waals surface area contributed by atoms with Crippen LogP contribution in [0.3, 0.4) is 0 Å². The summed E-state index contributed by atoms with van der Waals surface area (Å²) in [7, 11) is 1.90. The average Bonchev–Trinajstić information content (AvgIpc) is 2.75.